The van der Waals surface area contributed by atoms with Crippen LogP contribution in [-0.2, 0) is 4.74 Å². The van der Waals surface area contributed by atoms with E-state index in [1.165, 1.54) is 0 Å². The van der Waals surface area contributed by atoms with E-state index in [1.807, 2.05) is 0 Å². The highest BCUT2D eigenvalue weighted by atomic mass is 16.6. The Morgan fingerprint density at radius 1 is 2.00 bits per heavy atom. The molecule has 0 atom stereocenters. The van der Waals surface area contributed by atoms with Gasteiger partial charge in [0.2, 0.25) is 0 Å². The lowest BCUT2D eigenvalue weighted by atomic mass is 11.0. The van der Waals surface area contributed by atoms with Gasteiger partial charge in [-0.05, 0) is 6.58 Å². The first-order valence-electron chi connectivity index (χ1n) is 1.27. The Hall–Kier alpha value is -1.10. The van der Waals surface area contributed by atoms with Crippen molar-refractivity contribution in [3.8, 4) is 12.5 Å². The molecule has 32 valence electrons. The fourth-order valence-electron chi connectivity index (χ4n) is 0.0680. The molecule has 0 fully saturated rings. The third-order valence-electron chi connectivity index (χ3n) is 0.177. The van der Waals surface area contributed by atoms with Crippen LogP contribution in [-0.4, -0.2) is 5.11 Å². The molecule has 0 spiro atoms. The number of ether oxygens (including phenoxy) is 1. The van der Waals surface area contributed by atoms with Crippen LogP contribution < -0.4 is 0 Å². The molecular weight excluding hydrogens is 80.0 g/mol. The molecule has 0 aliphatic carbocycles. The molecule has 0 aromatic carbocycles. The van der Waals surface area contributed by atoms with Gasteiger partial charge in [-0.2, -0.15) is 0 Å². The van der Waals surface area contributed by atoms with E-state index in [4.69, 9.17) is 5.11 Å². The van der Waals surface area contributed by atoms with Gasteiger partial charge in [-0.15, -0.1) is 0 Å². The Morgan fingerprint density at radius 2 is 2.50 bits per heavy atom. The number of aliphatic hydroxyl groups excluding tert-OH is 1. The summed E-state index contributed by atoms with van der Waals surface area (Å²) in [4.78, 5) is 0. The van der Waals surface area contributed by atoms with E-state index in [9.17, 15) is 0 Å². The van der Waals surface area contributed by atoms with Gasteiger partial charge in [0, 0.05) is 0 Å². The lowest BCUT2D eigenvalue weighted by molar-refractivity contribution is 0.187. The van der Waals surface area contributed by atoms with Crippen LogP contribution in [0.5, 0.6) is 0 Å². The largest absolute Gasteiger partial charge is 0.481 e. The lowest BCUT2D eigenvalue weighted by Gasteiger charge is -1.84. The topological polar surface area (TPSA) is 29.5 Å². The maximum Gasteiger partial charge on any atom is 0.284 e. The van der Waals surface area contributed by atoms with Gasteiger partial charge in [0.05, 0.1) is 0 Å². The third-order valence-corrected chi connectivity index (χ3v) is 0.177. The summed E-state index contributed by atoms with van der Waals surface area (Å²) >= 11 is 0. The molecular formula is C4H4O2. The maximum atomic E-state index is 7.99. The first-order chi connectivity index (χ1) is 2.77. The van der Waals surface area contributed by atoms with Gasteiger partial charge >= 0.3 is 0 Å². The van der Waals surface area contributed by atoms with E-state index in [0.717, 1.165) is 0 Å². The molecule has 0 unspecified atom stereocenters. The van der Waals surface area contributed by atoms with Gasteiger partial charge in [-0.3, -0.25) is 0 Å². The molecule has 0 aliphatic heterocycles. The summed E-state index contributed by atoms with van der Waals surface area (Å²) in [5, 5.41) is 7.99. The Labute approximate surface area is 36.1 Å². The summed E-state index contributed by atoms with van der Waals surface area (Å²) in [7, 11) is 0. The maximum absolute atomic E-state index is 7.99. The zero-order valence-corrected chi connectivity index (χ0v) is 3.14. The van der Waals surface area contributed by atoms with Crippen LogP contribution in [0.3, 0.4) is 0 Å². The molecule has 6 heavy (non-hydrogen) atoms. The molecule has 0 aliphatic rings. The summed E-state index contributed by atoms with van der Waals surface area (Å²) < 4.78 is 3.93. The quantitative estimate of drug-likeness (QED) is 0.373. The number of hydrogen-bond acceptors (Lipinski definition) is 2. The van der Waals surface area contributed by atoms with Crippen LogP contribution in [0.4, 0.5) is 0 Å². The Bertz CT molecular complexity index is 88.2. The molecule has 2 heteroatoms. The summed E-state index contributed by atoms with van der Waals surface area (Å²) in [6.07, 6.45) is 6.25. The molecule has 0 saturated carbocycles. The van der Waals surface area contributed by atoms with Crippen molar-refractivity contribution in [3.63, 3.8) is 0 Å². The van der Waals surface area contributed by atoms with E-state index in [1.54, 1.807) is 6.11 Å². The minimum atomic E-state index is -0.447. The van der Waals surface area contributed by atoms with Crippen LogP contribution in [0.25, 0.3) is 0 Å². The van der Waals surface area contributed by atoms with Crippen molar-refractivity contribution in [2.24, 2.45) is 0 Å². The number of terminal acetylenes is 1. The second-order valence-corrected chi connectivity index (χ2v) is 0.614. The van der Waals surface area contributed by atoms with E-state index >= 15 is 0 Å². The minimum Gasteiger partial charge on any atom is -0.481 e. The fraction of sp³-hybridized carbons (Fsp3) is 0. The first-order valence-corrected chi connectivity index (χ1v) is 1.27. The predicted octanol–water partition coefficient (Wildman–Crippen LogP) is 0.623. The molecule has 0 bridgehead atoms. The van der Waals surface area contributed by atoms with Gasteiger partial charge in [-0.1, -0.05) is 6.42 Å². The Balaban J connectivity index is 3.13. The van der Waals surface area contributed by atoms with Crippen LogP contribution in [0, 0.1) is 12.5 Å². The van der Waals surface area contributed by atoms with E-state index < -0.39 is 5.95 Å². The number of aliphatic hydroxyl groups is 1. The highest BCUT2D eigenvalue weighted by Crippen LogP contribution is 1.78. The molecule has 0 saturated heterocycles. The normalized spacial score (nSPS) is 5.83. The molecule has 2 nitrogen and oxygen atoms in total. The van der Waals surface area contributed by atoms with Crippen molar-refractivity contribution in [1.82, 2.24) is 0 Å². The van der Waals surface area contributed by atoms with Crippen molar-refractivity contribution >= 4 is 0 Å². The molecule has 0 aromatic rings. The number of rotatable bonds is 1. The fourth-order valence-corrected chi connectivity index (χ4v) is 0.0680. The van der Waals surface area contributed by atoms with Crippen LogP contribution in [0.2, 0.25) is 0 Å². The van der Waals surface area contributed by atoms with Crippen molar-refractivity contribution in [1.29, 1.82) is 0 Å². The highest BCUT2D eigenvalue weighted by Gasteiger charge is 1.73. The lowest BCUT2D eigenvalue weighted by Crippen LogP contribution is -1.75. The zero-order valence-electron chi connectivity index (χ0n) is 3.14. The van der Waals surface area contributed by atoms with Crippen molar-refractivity contribution in [2.45, 2.75) is 0 Å². The van der Waals surface area contributed by atoms with Gasteiger partial charge in [-0.25, -0.2) is 0 Å². The van der Waals surface area contributed by atoms with Gasteiger partial charge < -0.3 is 9.84 Å². The zero-order chi connectivity index (χ0) is 4.99. The van der Waals surface area contributed by atoms with Crippen LogP contribution >= 0.6 is 0 Å². The molecule has 0 radical (unpaired) electrons. The summed E-state index contributed by atoms with van der Waals surface area (Å²) in [5.41, 5.74) is 0. The summed E-state index contributed by atoms with van der Waals surface area (Å²) in [5.74, 6) is -0.447. The minimum absolute atomic E-state index is 0.447. The average Bonchev–Trinajstić information content (AvgIpc) is 1.35. The summed E-state index contributed by atoms with van der Waals surface area (Å²) in [6, 6.07) is 0. The Morgan fingerprint density at radius 3 is 2.50 bits per heavy atom. The highest BCUT2D eigenvalue weighted by molar-refractivity contribution is 4.77. The smallest absolute Gasteiger partial charge is 0.284 e. The van der Waals surface area contributed by atoms with E-state index in [0.29, 0.717) is 0 Å². The molecule has 1 N–H and O–H groups in total. The first kappa shape index (κ1) is 4.90. The standard InChI is InChI=1S/C4H4O2/c1-3-6-4(2)5/h1,5H,2H2. The van der Waals surface area contributed by atoms with Gasteiger partial charge in [0.25, 0.3) is 5.95 Å². The third kappa shape index (κ3) is 2.90. The van der Waals surface area contributed by atoms with E-state index in [2.05, 4.69) is 17.7 Å². The predicted molar refractivity (Wildman–Crippen MR) is 21.7 cm³/mol. The monoisotopic (exact) mass is 84.0 g/mol. The second-order valence-electron chi connectivity index (χ2n) is 0.614. The molecule has 0 aromatic heterocycles. The Kier molecular flexibility index (Phi) is 1.76. The van der Waals surface area contributed by atoms with Gasteiger partial charge in [0.1, 0.15) is 6.11 Å². The molecule has 0 amide bonds. The summed E-state index contributed by atoms with van der Waals surface area (Å²) in [6.45, 7) is 2.94. The van der Waals surface area contributed by atoms with E-state index in [-0.39, 0.29) is 0 Å². The van der Waals surface area contributed by atoms with Crippen molar-refractivity contribution < 1.29 is 9.84 Å². The van der Waals surface area contributed by atoms with Gasteiger partial charge in [0.15, 0.2) is 0 Å². The molecule has 0 rings (SSSR count). The average molecular weight is 84.1 g/mol. The van der Waals surface area contributed by atoms with Crippen LogP contribution in [0.1, 0.15) is 0 Å². The van der Waals surface area contributed by atoms with Crippen molar-refractivity contribution in [3.05, 3.63) is 12.5 Å². The van der Waals surface area contributed by atoms with Crippen LogP contribution in [0.15, 0.2) is 12.5 Å². The SMILES string of the molecule is C#COC(=C)O. The van der Waals surface area contributed by atoms with Crippen molar-refractivity contribution in [2.75, 3.05) is 0 Å². The molecule has 0 heterocycles. The second kappa shape index (κ2) is 2.16. The number of hydrogen-bond donors (Lipinski definition) is 1.